The summed E-state index contributed by atoms with van der Waals surface area (Å²) in [5.74, 6) is -0.309. The summed E-state index contributed by atoms with van der Waals surface area (Å²) in [6, 6.07) is 5.50. The molecule has 0 unspecified atom stereocenters. The van der Waals surface area contributed by atoms with Crippen molar-refractivity contribution in [2.45, 2.75) is 51.3 Å². The van der Waals surface area contributed by atoms with Crippen LogP contribution < -0.4 is 9.64 Å². The highest BCUT2D eigenvalue weighted by molar-refractivity contribution is 6.00. The lowest BCUT2D eigenvalue weighted by atomic mass is 9.77. The molecule has 0 aliphatic carbocycles. The molecule has 4 rings (SSSR count). The third-order valence-electron chi connectivity index (χ3n) is 6.76. The fourth-order valence-electron chi connectivity index (χ4n) is 4.95. The fourth-order valence-corrected chi connectivity index (χ4v) is 4.95. The topological polar surface area (TPSA) is 53.1 Å². The number of halogens is 3. The highest BCUT2D eigenvalue weighted by atomic mass is 19.4. The van der Waals surface area contributed by atoms with E-state index in [9.17, 15) is 22.8 Å². The van der Waals surface area contributed by atoms with E-state index in [4.69, 9.17) is 0 Å². The van der Waals surface area contributed by atoms with Gasteiger partial charge < -0.3 is 19.4 Å². The summed E-state index contributed by atoms with van der Waals surface area (Å²) in [6.45, 7) is 3.27. The maximum absolute atomic E-state index is 13.2. The molecule has 3 aliphatic rings. The molecular formula is C22H28F3N3O3. The summed E-state index contributed by atoms with van der Waals surface area (Å²) in [6.07, 6.45) is 1.62. The number of urea groups is 1. The van der Waals surface area contributed by atoms with Crippen LogP contribution in [0.15, 0.2) is 24.3 Å². The Morgan fingerprint density at radius 1 is 0.839 bits per heavy atom. The van der Waals surface area contributed by atoms with Gasteiger partial charge in [0.05, 0.1) is 5.41 Å². The first-order valence-corrected chi connectivity index (χ1v) is 11.0. The fraction of sp³-hybridized carbons (Fsp3) is 0.636. The number of hydrogen-bond acceptors (Lipinski definition) is 3. The second kappa shape index (κ2) is 8.59. The minimum Gasteiger partial charge on any atom is -0.406 e. The average Bonchev–Trinajstić information content (AvgIpc) is 2.91. The third-order valence-corrected chi connectivity index (χ3v) is 6.76. The number of rotatable bonds is 2. The van der Waals surface area contributed by atoms with Gasteiger partial charge in [0.2, 0.25) is 5.91 Å². The molecule has 3 saturated heterocycles. The van der Waals surface area contributed by atoms with Gasteiger partial charge >= 0.3 is 12.4 Å². The van der Waals surface area contributed by atoms with Gasteiger partial charge in [-0.05, 0) is 56.4 Å². The van der Waals surface area contributed by atoms with Gasteiger partial charge in [0.1, 0.15) is 5.75 Å². The van der Waals surface area contributed by atoms with Crippen LogP contribution in [-0.4, -0.2) is 60.8 Å². The molecule has 1 aromatic rings. The van der Waals surface area contributed by atoms with E-state index in [-0.39, 0.29) is 17.7 Å². The Balaban J connectivity index is 1.36. The van der Waals surface area contributed by atoms with Crippen molar-refractivity contribution in [2.24, 2.45) is 5.41 Å². The molecule has 0 N–H and O–H groups in total. The first-order chi connectivity index (χ1) is 14.8. The summed E-state index contributed by atoms with van der Waals surface area (Å²) in [5, 5.41) is 0. The van der Waals surface area contributed by atoms with Gasteiger partial charge in [-0.15, -0.1) is 13.2 Å². The Morgan fingerprint density at radius 3 is 1.97 bits per heavy atom. The molecule has 0 atom stereocenters. The van der Waals surface area contributed by atoms with E-state index in [1.54, 1.807) is 4.90 Å². The first kappa shape index (κ1) is 21.8. The molecular weight excluding hydrogens is 411 g/mol. The van der Waals surface area contributed by atoms with Gasteiger partial charge in [0.25, 0.3) is 0 Å². The van der Waals surface area contributed by atoms with Crippen LogP contribution in [0.25, 0.3) is 0 Å². The molecule has 0 bridgehead atoms. The lowest BCUT2D eigenvalue weighted by molar-refractivity contribution is -0.274. The zero-order chi connectivity index (χ0) is 22.1. The monoisotopic (exact) mass is 439 g/mol. The molecule has 31 heavy (non-hydrogen) atoms. The Morgan fingerprint density at radius 2 is 1.39 bits per heavy atom. The highest BCUT2D eigenvalue weighted by Gasteiger charge is 2.49. The quantitative estimate of drug-likeness (QED) is 0.687. The average molecular weight is 439 g/mol. The molecule has 0 saturated carbocycles. The molecule has 3 fully saturated rings. The molecule has 0 radical (unpaired) electrons. The number of likely N-dealkylation sites (tertiary alicyclic amines) is 2. The molecule has 3 heterocycles. The SMILES string of the molecule is O=C(N1CCCCCC1)N1CCC2(CC1)CCN(c1ccc(OC(F)(F)F)cc1)C2=O. The van der Waals surface area contributed by atoms with Crippen molar-refractivity contribution in [1.29, 1.82) is 0 Å². The molecule has 9 heteroatoms. The van der Waals surface area contributed by atoms with Crippen LogP contribution in [0.5, 0.6) is 5.75 Å². The van der Waals surface area contributed by atoms with E-state index in [1.165, 1.54) is 37.1 Å². The van der Waals surface area contributed by atoms with E-state index in [1.807, 2.05) is 9.80 Å². The van der Waals surface area contributed by atoms with Gasteiger partial charge in [-0.25, -0.2) is 4.79 Å². The predicted octanol–water partition coefficient (Wildman–Crippen LogP) is 4.40. The molecule has 0 aromatic heterocycles. The second-order valence-electron chi connectivity index (χ2n) is 8.70. The molecule has 6 nitrogen and oxygen atoms in total. The summed E-state index contributed by atoms with van der Waals surface area (Å²) in [4.78, 5) is 31.5. The van der Waals surface area contributed by atoms with Crippen LogP contribution in [0.1, 0.15) is 44.9 Å². The Kier molecular flexibility index (Phi) is 6.03. The van der Waals surface area contributed by atoms with Crippen molar-refractivity contribution in [3.05, 3.63) is 24.3 Å². The molecule has 3 amide bonds. The normalized spacial score (nSPS) is 22.0. The first-order valence-electron chi connectivity index (χ1n) is 11.0. The molecule has 1 spiro atoms. The lowest BCUT2D eigenvalue weighted by Gasteiger charge is -2.39. The maximum atomic E-state index is 13.2. The van der Waals surface area contributed by atoms with Crippen LogP contribution >= 0.6 is 0 Å². The van der Waals surface area contributed by atoms with Gasteiger partial charge in [-0.2, -0.15) is 0 Å². The zero-order valence-corrected chi connectivity index (χ0v) is 17.5. The largest absolute Gasteiger partial charge is 0.573 e. The summed E-state index contributed by atoms with van der Waals surface area (Å²) >= 11 is 0. The Labute approximate surface area is 179 Å². The number of nitrogens with zero attached hydrogens (tertiary/aromatic N) is 3. The predicted molar refractivity (Wildman–Crippen MR) is 109 cm³/mol. The number of piperidine rings is 1. The van der Waals surface area contributed by atoms with Crippen molar-refractivity contribution in [1.82, 2.24) is 9.80 Å². The number of benzene rings is 1. The van der Waals surface area contributed by atoms with Gasteiger partial charge in [-0.3, -0.25) is 4.79 Å². The van der Waals surface area contributed by atoms with Crippen LogP contribution in [0.4, 0.5) is 23.7 Å². The van der Waals surface area contributed by atoms with Crippen molar-refractivity contribution in [3.63, 3.8) is 0 Å². The van der Waals surface area contributed by atoms with E-state index in [0.717, 1.165) is 25.9 Å². The number of alkyl halides is 3. The number of anilines is 1. The van der Waals surface area contributed by atoms with Crippen molar-refractivity contribution < 1.29 is 27.5 Å². The zero-order valence-electron chi connectivity index (χ0n) is 17.5. The van der Waals surface area contributed by atoms with Crippen LogP contribution in [-0.2, 0) is 4.79 Å². The smallest absolute Gasteiger partial charge is 0.406 e. The number of carbonyl (C=O) groups is 2. The maximum Gasteiger partial charge on any atom is 0.573 e. The van der Waals surface area contributed by atoms with Crippen molar-refractivity contribution in [2.75, 3.05) is 37.6 Å². The van der Waals surface area contributed by atoms with Crippen LogP contribution in [0.3, 0.4) is 0 Å². The summed E-state index contributed by atoms with van der Waals surface area (Å²) in [7, 11) is 0. The Hall–Kier alpha value is -2.45. The van der Waals surface area contributed by atoms with Crippen LogP contribution in [0.2, 0.25) is 0 Å². The van der Waals surface area contributed by atoms with Gasteiger partial charge in [0, 0.05) is 38.4 Å². The van der Waals surface area contributed by atoms with Crippen molar-refractivity contribution in [3.8, 4) is 5.75 Å². The van der Waals surface area contributed by atoms with Gasteiger partial charge in [-0.1, -0.05) is 12.8 Å². The standard InChI is InChI=1S/C22H28F3N3O3/c23-22(24,25)31-18-7-5-17(6-8-18)28-16-11-21(19(28)29)9-14-27(15-10-21)20(30)26-12-3-1-2-4-13-26/h5-8H,1-4,9-16H2. The molecule has 1 aromatic carbocycles. The minimum absolute atomic E-state index is 0.00105. The molecule has 170 valence electrons. The number of hydrogen-bond donors (Lipinski definition) is 0. The number of amides is 3. The van der Waals surface area contributed by atoms with E-state index in [0.29, 0.717) is 44.6 Å². The summed E-state index contributed by atoms with van der Waals surface area (Å²) in [5.41, 5.74) is 0.0796. The molecule has 3 aliphatic heterocycles. The Bertz CT molecular complexity index is 796. The van der Waals surface area contributed by atoms with Crippen LogP contribution in [0, 0.1) is 5.41 Å². The third kappa shape index (κ3) is 4.75. The minimum atomic E-state index is -4.74. The lowest BCUT2D eigenvalue weighted by Crippen LogP contribution is -2.51. The van der Waals surface area contributed by atoms with E-state index < -0.39 is 11.8 Å². The second-order valence-corrected chi connectivity index (χ2v) is 8.70. The van der Waals surface area contributed by atoms with E-state index >= 15 is 0 Å². The van der Waals surface area contributed by atoms with Gasteiger partial charge in [0.15, 0.2) is 0 Å². The number of ether oxygens (including phenoxy) is 1. The number of carbonyl (C=O) groups excluding carboxylic acids is 2. The van der Waals surface area contributed by atoms with E-state index in [2.05, 4.69) is 4.74 Å². The van der Waals surface area contributed by atoms with Crippen molar-refractivity contribution >= 4 is 17.6 Å². The highest BCUT2D eigenvalue weighted by Crippen LogP contribution is 2.43. The summed E-state index contributed by atoms with van der Waals surface area (Å²) < 4.78 is 41.0.